The second-order valence-corrected chi connectivity index (χ2v) is 6.61. The van der Waals surface area contributed by atoms with Gasteiger partial charge in [0.1, 0.15) is 6.33 Å². The first-order chi connectivity index (χ1) is 12.0. The third kappa shape index (κ3) is 2.89. The first-order valence-corrected chi connectivity index (χ1v) is 8.29. The van der Waals surface area contributed by atoms with Crippen molar-refractivity contribution in [3.63, 3.8) is 0 Å². The second-order valence-electron chi connectivity index (χ2n) is 6.61. The van der Waals surface area contributed by atoms with Gasteiger partial charge in [0.05, 0.1) is 11.6 Å². The number of imidazole rings is 1. The normalized spacial score (nSPS) is 11.0. The number of hydrogen-bond donors (Lipinski definition) is 0. The minimum Gasteiger partial charge on any atom is -0.371 e. The van der Waals surface area contributed by atoms with E-state index in [-0.39, 0.29) is 20.1 Å². The Labute approximate surface area is 166 Å². The quantitative estimate of drug-likeness (QED) is 0.376. The topological polar surface area (TPSA) is 48.5 Å². The third-order valence-corrected chi connectivity index (χ3v) is 4.70. The van der Waals surface area contributed by atoms with Crippen LogP contribution >= 0.6 is 0 Å². The summed E-state index contributed by atoms with van der Waals surface area (Å²) in [5.41, 5.74) is 7.68. The molecule has 0 fully saturated rings. The van der Waals surface area contributed by atoms with Gasteiger partial charge in [-0.1, -0.05) is 17.7 Å². The number of hydrogen-bond acceptors (Lipinski definition) is 3. The Morgan fingerprint density at radius 3 is 2.38 bits per heavy atom. The van der Waals surface area contributed by atoms with E-state index < -0.39 is 0 Å². The average molecular weight is 523 g/mol. The van der Waals surface area contributed by atoms with E-state index in [1.54, 1.807) is 6.33 Å². The molecule has 2 aromatic carbocycles. The molecule has 0 unspecified atom stereocenters. The predicted molar refractivity (Wildman–Crippen MR) is 98.9 cm³/mol. The summed E-state index contributed by atoms with van der Waals surface area (Å²) in [5, 5.41) is 8.50. The van der Waals surface area contributed by atoms with Crippen LogP contribution in [0.3, 0.4) is 0 Å². The zero-order chi connectivity index (χ0) is 17.7. The van der Waals surface area contributed by atoms with E-state index in [2.05, 4.69) is 58.7 Å². The van der Waals surface area contributed by atoms with Crippen molar-refractivity contribution in [1.29, 1.82) is 0 Å². The molecule has 2 heterocycles. The van der Waals surface area contributed by atoms with Gasteiger partial charge in [0.25, 0.3) is 0 Å². The zero-order valence-electron chi connectivity index (χ0n) is 15.5. The fourth-order valence-corrected chi connectivity index (χ4v) is 3.52. The van der Waals surface area contributed by atoms with E-state index in [9.17, 15) is 0 Å². The Morgan fingerprint density at radius 1 is 1.00 bits per heavy atom. The molecule has 0 aliphatic heterocycles. The van der Waals surface area contributed by atoms with E-state index in [0.29, 0.717) is 0 Å². The van der Waals surface area contributed by atoms with Crippen molar-refractivity contribution in [3.8, 4) is 17.1 Å². The maximum atomic E-state index is 4.62. The van der Waals surface area contributed by atoms with Crippen LogP contribution in [0.15, 0.2) is 30.6 Å². The number of aromatic nitrogens is 5. The van der Waals surface area contributed by atoms with Crippen LogP contribution in [0.4, 0.5) is 0 Å². The number of benzene rings is 2. The van der Waals surface area contributed by atoms with E-state index in [1.807, 2.05) is 30.7 Å². The van der Waals surface area contributed by atoms with Crippen molar-refractivity contribution < 1.29 is 20.1 Å². The molecule has 2 aromatic heterocycles. The van der Waals surface area contributed by atoms with Crippen LogP contribution in [0.1, 0.15) is 22.5 Å². The smallest absolute Gasteiger partial charge is 0.114 e. The molecule has 26 heavy (non-hydrogen) atoms. The Balaban J connectivity index is 0.00000196. The molecule has 4 rings (SSSR count). The van der Waals surface area contributed by atoms with Gasteiger partial charge in [0.15, 0.2) is 0 Å². The Kier molecular flexibility index (Phi) is 4.82. The summed E-state index contributed by atoms with van der Waals surface area (Å²) in [5.74, 6) is 1.76. The molecular formula is C20H20IrN5-. The fourth-order valence-electron chi connectivity index (χ4n) is 3.52. The van der Waals surface area contributed by atoms with Crippen molar-refractivity contribution in [2.75, 3.05) is 0 Å². The number of aryl methyl sites for hydroxylation is 5. The molecule has 0 saturated heterocycles. The van der Waals surface area contributed by atoms with Gasteiger partial charge in [-0.05, 0) is 44.3 Å². The Bertz CT molecular complexity index is 1080. The molecule has 0 amide bonds. The SMILES string of the molecule is Cc1cc(C)c(-n2cnnc2-c2[c-]cc3c(c2)nc(C)n3C)c(C)c1.[Ir]. The summed E-state index contributed by atoms with van der Waals surface area (Å²) in [7, 11) is 2.01. The minimum absolute atomic E-state index is 0. The molecule has 0 bridgehead atoms. The van der Waals surface area contributed by atoms with Crippen molar-refractivity contribution in [2.24, 2.45) is 7.05 Å². The van der Waals surface area contributed by atoms with Crippen molar-refractivity contribution in [2.45, 2.75) is 27.7 Å². The molecule has 0 aliphatic rings. The Hall–Kier alpha value is -2.30. The number of nitrogens with zero attached hydrogens (tertiary/aromatic N) is 5. The summed E-state index contributed by atoms with van der Waals surface area (Å²) in [4.78, 5) is 4.62. The summed E-state index contributed by atoms with van der Waals surface area (Å²) in [6, 6.07) is 11.7. The maximum absolute atomic E-state index is 4.62. The van der Waals surface area contributed by atoms with Gasteiger partial charge >= 0.3 is 0 Å². The minimum atomic E-state index is 0. The summed E-state index contributed by atoms with van der Waals surface area (Å²) < 4.78 is 4.10. The van der Waals surface area contributed by atoms with Crippen molar-refractivity contribution in [1.82, 2.24) is 24.3 Å². The van der Waals surface area contributed by atoms with Crippen LogP contribution in [0.25, 0.3) is 28.1 Å². The van der Waals surface area contributed by atoms with Crippen LogP contribution < -0.4 is 0 Å². The van der Waals surface area contributed by atoms with Gasteiger partial charge in [0, 0.05) is 38.4 Å². The first-order valence-electron chi connectivity index (χ1n) is 8.29. The molecule has 135 valence electrons. The largest absolute Gasteiger partial charge is 0.371 e. The molecule has 5 nitrogen and oxygen atoms in total. The molecule has 0 spiro atoms. The van der Waals surface area contributed by atoms with Crippen LogP contribution in [0.2, 0.25) is 0 Å². The van der Waals surface area contributed by atoms with Crippen LogP contribution in [-0.2, 0) is 27.2 Å². The summed E-state index contributed by atoms with van der Waals surface area (Å²) >= 11 is 0. The molecule has 0 N–H and O–H groups in total. The van der Waals surface area contributed by atoms with Crippen LogP contribution in [0.5, 0.6) is 0 Å². The van der Waals surface area contributed by atoms with E-state index >= 15 is 0 Å². The summed E-state index contributed by atoms with van der Waals surface area (Å²) in [6.07, 6.45) is 1.77. The number of rotatable bonds is 2. The average Bonchev–Trinajstić information content (AvgIpc) is 3.12. The molecule has 0 saturated carbocycles. The van der Waals surface area contributed by atoms with E-state index in [1.165, 1.54) is 16.7 Å². The Morgan fingerprint density at radius 2 is 1.69 bits per heavy atom. The van der Waals surface area contributed by atoms with Crippen LogP contribution in [0, 0.1) is 33.8 Å². The first kappa shape index (κ1) is 18.5. The number of fused-ring (bicyclic) bond motifs is 1. The fraction of sp³-hybridized carbons (Fsp3) is 0.250. The second kappa shape index (κ2) is 6.78. The van der Waals surface area contributed by atoms with Gasteiger partial charge in [-0.15, -0.1) is 28.9 Å². The van der Waals surface area contributed by atoms with Gasteiger partial charge < -0.3 is 9.13 Å². The standard InChI is InChI=1S/C20H20N5.Ir/c1-12-8-13(2)19(14(3)9-12)25-11-21-23-20(25)16-6-7-18-17(10-16)22-15(4)24(18)5;/h7-11H,1-5H3;/q-1;. The maximum Gasteiger partial charge on any atom is 0.114 e. The molecule has 1 radical (unpaired) electrons. The third-order valence-electron chi connectivity index (χ3n) is 4.70. The molecule has 4 aromatic rings. The van der Waals surface area contributed by atoms with E-state index in [4.69, 9.17) is 0 Å². The summed E-state index contributed by atoms with van der Waals surface area (Å²) in [6.45, 7) is 8.35. The van der Waals surface area contributed by atoms with Gasteiger partial charge in [-0.3, -0.25) is 4.98 Å². The molecule has 0 atom stereocenters. The van der Waals surface area contributed by atoms with Gasteiger partial charge in [-0.25, -0.2) is 0 Å². The van der Waals surface area contributed by atoms with E-state index in [0.717, 1.165) is 33.9 Å². The van der Waals surface area contributed by atoms with Gasteiger partial charge in [-0.2, -0.15) is 5.10 Å². The van der Waals surface area contributed by atoms with Crippen LogP contribution in [-0.4, -0.2) is 24.3 Å². The molecular weight excluding hydrogens is 502 g/mol. The molecule has 0 aliphatic carbocycles. The van der Waals surface area contributed by atoms with Gasteiger partial charge in [0.2, 0.25) is 0 Å². The monoisotopic (exact) mass is 523 g/mol. The zero-order valence-corrected chi connectivity index (χ0v) is 17.9. The van der Waals surface area contributed by atoms with Crippen molar-refractivity contribution in [3.05, 3.63) is 59.2 Å². The predicted octanol–water partition coefficient (Wildman–Crippen LogP) is 3.85. The van der Waals surface area contributed by atoms with Crippen molar-refractivity contribution >= 4 is 11.0 Å². The molecule has 6 heteroatoms.